The summed E-state index contributed by atoms with van der Waals surface area (Å²) in [4.78, 5) is 27.9. The summed E-state index contributed by atoms with van der Waals surface area (Å²) in [6, 6.07) is 1.36. The third-order valence-electron chi connectivity index (χ3n) is 3.71. The first-order valence-electron chi connectivity index (χ1n) is 6.58. The van der Waals surface area contributed by atoms with Crippen LogP contribution in [0.15, 0.2) is 12.3 Å². The lowest BCUT2D eigenvalue weighted by atomic mass is 9.94. The van der Waals surface area contributed by atoms with Gasteiger partial charge >= 0.3 is 0 Å². The van der Waals surface area contributed by atoms with Crippen molar-refractivity contribution < 1.29 is 9.72 Å². The molecule has 1 aliphatic rings. The van der Waals surface area contributed by atoms with E-state index in [1.807, 2.05) is 0 Å². The summed E-state index contributed by atoms with van der Waals surface area (Å²) in [5.74, 6) is -0.307. The minimum Gasteiger partial charge on any atom is -0.339 e. The molecule has 6 nitrogen and oxygen atoms in total. The van der Waals surface area contributed by atoms with Crippen LogP contribution in [0, 0.1) is 10.1 Å². The van der Waals surface area contributed by atoms with E-state index in [0.717, 1.165) is 31.9 Å². The van der Waals surface area contributed by atoms with E-state index in [1.165, 1.54) is 12.5 Å². The summed E-state index contributed by atoms with van der Waals surface area (Å²) in [5.41, 5.74) is -0.135. The lowest BCUT2D eigenvalue weighted by Gasteiger charge is -2.31. The van der Waals surface area contributed by atoms with Gasteiger partial charge in [-0.15, -0.1) is 0 Å². The fourth-order valence-corrected chi connectivity index (χ4v) is 2.70. The third kappa shape index (κ3) is 3.07. The number of carbonyl (C=O) groups excluding carboxylic acids is 1. The molecule has 1 fully saturated rings. The molecule has 1 aliphatic carbocycles. The van der Waals surface area contributed by atoms with E-state index in [2.05, 4.69) is 4.98 Å². The number of carbonyl (C=O) groups is 1. The number of nitro groups is 1. The number of aromatic nitrogens is 1. The van der Waals surface area contributed by atoms with Crippen molar-refractivity contribution in [2.45, 2.75) is 38.1 Å². The quantitative estimate of drug-likeness (QED) is 0.488. The minimum atomic E-state index is -0.583. The minimum absolute atomic E-state index is 0.00302. The normalized spacial score (nSPS) is 15.9. The second-order valence-corrected chi connectivity index (χ2v) is 5.35. The molecule has 1 heterocycles. The van der Waals surface area contributed by atoms with Crippen LogP contribution in [0.4, 0.5) is 5.69 Å². The van der Waals surface area contributed by atoms with Crippen LogP contribution in [0.1, 0.15) is 42.5 Å². The number of pyridine rings is 1. The van der Waals surface area contributed by atoms with Gasteiger partial charge in [0.25, 0.3) is 11.6 Å². The summed E-state index contributed by atoms with van der Waals surface area (Å²) in [7, 11) is 1.72. The number of hydrogen-bond donors (Lipinski definition) is 0. The Bertz CT molecular complexity index is 530. The van der Waals surface area contributed by atoms with Crippen molar-refractivity contribution in [2.75, 3.05) is 7.05 Å². The van der Waals surface area contributed by atoms with Crippen LogP contribution in [0.25, 0.3) is 0 Å². The van der Waals surface area contributed by atoms with Crippen molar-refractivity contribution in [3.8, 4) is 0 Å². The predicted molar refractivity (Wildman–Crippen MR) is 74.9 cm³/mol. The van der Waals surface area contributed by atoms with Crippen molar-refractivity contribution in [3.05, 3.63) is 33.1 Å². The highest BCUT2D eigenvalue weighted by molar-refractivity contribution is 6.32. The van der Waals surface area contributed by atoms with Gasteiger partial charge in [-0.25, -0.2) is 4.98 Å². The smallest absolute Gasteiger partial charge is 0.288 e. The number of halogens is 1. The molecule has 0 saturated heterocycles. The molecule has 1 aromatic heterocycles. The van der Waals surface area contributed by atoms with Gasteiger partial charge in [0.15, 0.2) is 0 Å². The van der Waals surface area contributed by atoms with Gasteiger partial charge in [0.05, 0.1) is 10.5 Å². The van der Waals surface area contributed by atoms with Crippen LogP contribution < -0.4 is 0 Å². The maximum Gasteiger partial charge on any atom is 0.288 e. The molecule has 108 valence electrons. The summed E-state index contributed by atoms with van der Waals surface area (Å²) in [6.07, 6.45) is 6.37. The van der Waals surface area contributed by atoms with Gasteiger partial charge < -0.3 is 4.90 Å². The van der Waals surface area contributed by atoms with Crippen LogP contribution in [0.5, 0.6) is 0 Å². The molecule has 0 unspecified atom stereocenters. The Morgan fingerprint density at radius 1 is 1.45 bits per heavy atom. The molecule has 0 bridgehead atoms. The van der Waals surface area contributed by atoms with Crippen molar-refractivity contribution in [1.82, 2.24) is 9.88 Å². The maximum absolute atomic E-state index is 12.4. The monoisotopic (exact) mass is 297 g/mol. The molecule has 0 radical (unpaired) electrons. The van der Waals surface area contributed by atoms with Gasteiger partial charge in [-0.3, -0.25) is 14.9 Å². The molecule has 20 heavy (non-hydrogen) atoms. The van der Waals surface area contributed by atoms with Gasteiger partial charge in [0.2, 0.25) is 0 Å². The topological polar surface area (TPSA) is 76.3 Å². The summed E-state index contributed by atoms with van der Waals surface area (Å²) >= 11 is 5.90. The Morgan fingerprint density at radius 3 is 2.70 bits per heavy atom. The number of nitrogens with zero attached hydrogens (tertiary/aromatic N) is 3. The van der Waals surface area contributed by atoms with E-state index in [-0.39, 0.29) is 28.4 Å². The van der Waals surface area contributed by atoms with Crippen LogP contribution >= 0.6 is 11.6 Å². The van der Waals surface area contributed by atoms with E-state index in [0.29, 0.717) is 0 Å². The van der Waals surface area contributed by atoms with Gasteiger partial charge in [0.1, 0.15) is 11.3 Å². The molecule has 0 atom stereocenters. The zero-order chi connectivity index (χ0) is 14.7. The van der Waals surface area contributed by atoms with Gasteiger partial charge in [-0.1, -0.05) is 30.9 Å². The average Bonchev–Trinajstić information content (AvgIpc) is 2.47. The van der Waals surface area contributed by atoms with Crippen LogP contribution in [-0.4, -0.2) is 33.8 Å². The fraction of sp³-hybridized carbons (Fsp3) is 0.538. The Balaban J connectivity index is 2.23. The Hall–Kier alpha value is -1.69. The zero-order valence-corrected chi connectivity index (χ0v) is 12.0. The van der Waals surface area contributed by atoms with Gasteiger partial charge in [0, 0.05) is 19.2 Å². The first-order valence-corrected chi connectivity index (χ1v) is 6.95. The number of amides is 1. The zero-order valence-electron chi connectivity index (χ0n) is 11.2. The third-order valence-corrected chi connectivity index (χ3v) is 4.01. The van der Waals surface area contributed by atoms with E-state index in [1.54, 1.807) is 11.9 Å². The molecule has 0 N–H and O–H groups in total. The first kappa shape index (κ1) is 14.7. The Kier molecular flexibility index (Phi) is 4.54. The van der Waals surface area contributed by atoms with Crippen LogP contribution in [-0.2, 0) is 0 Å². The molecular weight excluding hydrogens is 282 g/mol. The van der Waals surface area contributed by atoms with Crippen molar-refractivity contribution >= 4 is 23.2 Å². The molecule has 0 spiro atoms. The lowest BCUT2D eigenvalue weighted by molar-refractivity contribution is -0.385. The van der Waals surface area contributed by atoms with Crippen molar-refractivity contribution in [3.63, 3.8) is 0 Å². The molecule has 7 heteroatoms. The summed E-state index contributed by atoms with van der Waals surface area (Å²) in [5, 5.41) is 10.8. The molecule has 2 rings (SSSR count). The second-order valence-electron chi connectivity index (χ2n) is 5.00. The number of hydrogen-bond acceptors (Lipinski definition) is 4. The highest BCUT2D eigenvalue weighted by atomic mass is 35.5. The van der Waals surface area contributed by atoms with Gasteiger partial charge in [-0.05, 0) is 12.8 Å². The molecule has 0 aliphatic heterocycles. The highest BCUT2D eigenvalue weighted by Crippen LogP contribution is 2.25. The second kappa shape index (κ2) is 6.17. The predicted octanol–water partition coefficient (Wildman–Crippen LogP) is 3.05. The Labute approximate surface area is 121 Å². The average molecular weight is 298 g/mol. The molecule has 1 amide bonds. The molecule has 1 saturated carbocycles. The Morgan fingerprint density at radius 2 is 2.10 bits per heavy atom. The van der Waals surface area contributed by atoms with Gasteiger partial charge in [-0.2, -0.15) is 0 Å². The van der Waals surface area contributed by atoms with Crippen molar-refractivity contribution in [1.29, 1.82) is 0 Å². The molecule has 1 aromatic rings. The van der Waals surface area contributed by atoms with E-state index in [9.17, 15) is 14.9 Å². The summed E-state index contributed by atoms with van der Waals surface area (Å²) < 4.78 is 0. The van der Waals surface area contributed by atoms with Crippen LogP contribution in [0.2, 0.25) is 5.15 Å². The summed E-state index contributed by atoms with van der Waals surface area (Å²) in [6.45, 7) is 0. The van der Waals surface area contributed by atoms with E-state index < -0.39 is 4.92 Å². The fourth-order valence-electron chi connectivity index (χ4n) is 2.51. The highest BCUT2D eigenvalue weighted by Gasteiger charge is 2.26. The standard InChI is InChI=1S/C13H16ClN3O3/c1-16(9-5-3-2-4-6-9)13(18)11-7-10(17(19)20)8-15-12(11)14/h7-9H,2-6H2,1H3. The van der Waals surface area contributed by atoms with E-state index in [4.69, 9.17) is 11.6 Å². The first-order chi connectivity index (χ1) is 9.50. The van der Waals surface area contributed by atoms with Crippen LogP contribution in [0.3, 0.4) is 0 Å². The molecule has 0 aromatic carbocycles. The maximum atomic E-state index is 12.4. The largest absolute Gasteiger partial charge is 0.339 e. The lowest BCUT2D eigenvalue weighted by Crippen LogP contribution is -2.38. The molecular formula is C13H16ClN3O3. The SMILES string of the molecule is CN(C(=O)c1cc([N+](=O)[O-])cnc1Cl)C1CCCCC1. The van der Waals surface area contributed by atoms with E-state index >= 15 is 0 Å². The van der Waals surface area contributed by atoms with Crippen molar-refractivity contribution in [2.24, 2.45) is 0 Å². The number of rotatable bonds is 3.